The molecule has 6 nitrogen and oxygen atoms in total. The maximum atomic E-state index is 12.6. The van der Waals surface area contributed by atoms with Gasteiger partial charge < -0.3 is 4.90 Å². The zero-order chi connectivity index (χ0) is 18.8. The molecule has 3 rings (SSSR count). The second-order valence-corrected chi connectivity index (χ2v) is 9.39. The molecule has 0 aliphatic carbocycles. The lowest BCUT2D eigenvalue weighted by molar-refractivity contribution is 0.571. The van der Waals surface area contributed by atoms with E-state index in [1.54, 1.807) is 18.2 Å². The number of sulfonamides is 1. The van der Waals surface area contributed by atoms with Gasteiger partial charge in [0.05, 0.1) is 4.90 Å². The SMILES string of the molecule is CC(C)(C)c1ccc(S(=O)(=O)Nc2ccc(N3CCCCC3)nn2)cc1. The average molecular weight is 375 g/mol. The molecule has 26 heavy (non-hydrogen) atoms. The molecule has 2 heterocycles. The van der Waals surface area contributed by atoms with Crippen LogP contribution in [0.15, 0.2) is 41.3 Å². The van der Waals surface area contributed by atoms with Crippen molar-refractivity contribution in [2.24, 2.45) is 0 Å². The highest BCUT2D eigenvalue weighted by molar-refractivity contribution is 7.92. The first kappa shape index (κ1) is 18.6. The fourth-order valence-electron chi connectivity index (χ4n) is 3.00. The lowest BCUT2D eigenvalue weighted by Gasteiger charge is -2.27. The van der Waals surface area contributed by atoms with Crippen LogP contribution in [-0.2, 0) is 15.4 Å². The van der Waals surface area contributed by atoms with Gasteiger partial charge in [0.15, 0.2) is 11.6 Å². The summed E-state index contributed by atoms with van der Waals surface area (Å²) in [6, 6.07) is 10.4. The topological polar surface area (TPSA) is 75.2 Å². The predicted octanol–water partition coefficient (Wildman–Crippen LogP) is 3.57. The third-order valence-electron chi connectivity index (χ3n) is 4.60. The molecule has 0 radical (unpaired) electrons. The van der Waals surface area contributed by atoms with Gasteiger partial charge in [-0.3, -0.25) is 4.72 Å². The summed E-state index contributed by atoms with van der Waals surface area (Å²) in [5.41, 5.74) is 1.06. The van der Waals surface area contributed by atoms with Gasteiger partial charge in [-0.15, -0.1) is 10.2 Å². The van der Waals surface area contributed by atoms with Gasteiger partial charge in [0.1, 0.15) is 0 Å². The summed E-state index contributed by atoms with van der Waals surface area (Å²) in [5, 5.41) is 8.22. The van der Waals surface area contributed by atoms with Crippen molar-refractivity contribution in [3.63, 3.8) is 0 Å². The van der Waals surface area contributed by atoms with E-state index in [1.807, 2.05) is 18.2 Å². The largest absolute Gasteiger partial charge is 0.355 e. The average Bonchev–Trinajstić information content (AvgIpc) is 2.62. The second-order valence-electron chi connectivity index (χ2n) is 7.70. The number of rotatable bonds is 4. The lowest BCUT2D eigenvalue weighted by Crippen LogP contribution is -2.30. The number of benzene rings is 1. The summed E-state index contributed by atoms with van der Waals surface area (Å²) < 4.78 is 27.6. The molecular weight excluding hydrogens is 348 g/mol. The molecule has 0 saturated carbocycles. The number of hydrogen-bond donors (Lipinski definition) is 1. The molecule has 2 aromatic rings. The molecular formula is C19H26N4O2S. The van der Waals surface area contributed by atoms with Crippen LogP contribution in [0, 0.1) is 0 Å². The third kappa shape index (κ3) is 4.33. The number of anilines is 2. The summed E-state index contributed by atoms with van der Waals surface area (Å²) in [7, 11) is -3.68. The Hall–Kier alpha value is -2.15. The molecule has 1 saturated heterocycles. The Labute approximate surface area is 155 Å². The molecule has 7 heteroatoms. The zero-order valence-corrected chi connectivity index (χ0v) is 16.4. The van der Waals surface area contributed by atoms with Crippen molar-refractivity contribution in [1.82, 2.24) is 10.2 Å². The van der Waals surface area contributed by atoms with E-state index in [4.69, 9.17) is 0 Å². The van der Waals surface area contributed by atoms with E-state index in [-0.39, 0.29) is 16.1 Å². The number of piperidine rings is 1. The van der Waals surface area contributed by atoms with Crippen molar-refractivity contribution in [2.75, 3.05) is 22.7 Å². The standard InChI is InChI=1S/C19H26N4O2S/c1-19(2,3)15-7-9-16(10-8-15)26(24,25)22-17-11-12-18(21-20-17)23-13-5-4-6-14-23/h7-12H,4-6,13-14H2,1-3H3,(H,20,22). The van der Waals surface area contributed by atoms with Gasteiger partial charge in [0.2, 0.25) is 0 Å². The van der Waals surface area contributed by atoms with E-state index in [0.717, 1.165) is 37.3 Å². The quantitative estimate of drug-likeness (QED) is 0.885. The highest BCUT2D eigenvalue weighted by Gasteiger charge is 2.19. The van der Waals surface area contributed by atoms with Gasteiger partial charge in [-0.2, -0.15) is 0 Å². The minimum absolute atomic E-state index is 0.0223. The first-order valence-electron chi connectivity index (χ1n) is 8.98. The van der Waals surface area contributed by atoms with Crippen LogP contribution in [0.5, 0.6) is 0 Å². The summed E-state index contributed by atoms with van der Waals surface area (Å²) in [6.07, 6.45) is 3.55. The highest BCUT2D eigenvalue weighted by Crippen LogP contribution is 2.24. The van der Waals surface area contributed by atoms with E-state index < -0.39 is 10.0 Å². The maximum Gasteiger partial charge on any atom is 0.263 e. The molecule has 0 bridgehead atoms. The minimum atomic E-state index is -3.68. The van der Waals surface area contributed by atoms with Crippen molar-refractivity contribution in [3.05, 3.63) is 42.0 Å². The lowest BCUT2D eigenvalue weighted by atomic mass is 9.87. The van der Waals surface area contributed by atoms with Crippen molar-refractivity contribution in [1.29, 1.82) is 0 Å². The van der Waals surface area contributed by atoms with Crippen molar-refractivity contribution >= 4 is 21.7 Å². The maximum absolute atomic E-state index is 12.6. The number of hydrogen-bond acceptors (Lipinski definition) is 5. The van der Waals surface area contributed by atoms with E-state index in [0.29, 0.717) is 0 Å². The number of nitrogens with one attached hydrogen (secondary N) is 1. The van der Waals surface area contributed by atoms with Crippen LogP contribution in [0.3, 0.4) is 0 Å². The molecule has 0 unspecified atom stereocenters. The summed E-state index contributed by atoms with van der Waals surface area (Å²) in [4.78, 5) is 2.40. The van der Waals surface area contributed by atoms with E-state index in [2.05, 4.69) is 40.6 Å². The van der Waals surface area contributed by atoms with Gasteiger partial charge in [-0.05, 0) is 54.5 Å². The molecule has 1 N–H and O–H groups in total. The van der Waals surface area contributed by atoms with Crippen LogP contribution in [-0.4, -0.2) is 31.7 Å². The first-order valence-corrected chi connectivity index (χ1v) is 10.5. The molecule has 1 aromatic carbocycles. The third-order valence-corrected chi connectivity index (χ3v) is 5.97. The van der Waals surface area contributed by atoms with E-state index in [1.165, 1.54) is 6.42 Å². The molecule has 1 aliphatic heterocycles. The minimum Gasteiger partial charge on any atom is -0.355 e. The Kier molecular flexibility index (Phi) is 5.18. The Bertz CT molecular complexity index is 835. The van der Waals surface area contributed by atoms with Crippen LogP contribution in [0.1, 0.15) is 45.6 Å². The fourth-order valence-corrected chi connectivity index (χ4v) is 4.00. The normalized spacial score (nSPS) is 15.7. The van der Waals surface area contributed by atoms with Crippen LogP contribution in [0.25, 0.3) is 0 Å². The summed E-state index contributed by atoms with van der Waals surface area (Å²) >= 11 is 0. The Morgan fingerprint density at radius 2 is 1.58 bits per heavy atom. The van der Waals surface area contributed by atoms with E-state index in [9.17, 15) is 8.42 Å². The van der Waals surface area contributed by atoms with Crippen LogP contribution >= 0.6 is 0 Å². The first-order chi connectivity index (χ1) is 12.3. The van der Waals surface area contributed by atoms with Gasteiger partial charge in [0.25, 0.3) is 10.0 Å². The Morgan fingerprint density at radius 1 is 0.923 bits per heavy atom. The van der Waals surface area contributed by atoms with Crippen molar-refractivity contribution in [3.8, 4) is 0 Å². The predicted molar refractivity (Wildman–Crippen MR) is 104 cm³/mol. The molecule has 1 fully saturated rings. The summed E-state index contributed by atoms with van der Waals surface area (Å²) in [6.45, 7) is 8.22. The smallest absolute Gasteiger partial charge is 0.263 e. The van der Waals surface area contributed by atoms with Crippen LogP contribution in [0.2, 0.25) is 0 Å². The van der Waals surface area contributed by atoms with E-state index >= 15 is 0 Å². The van der Waals surface area contributed by atoms with Gasteiger partial charge in [0, 0.05) is 13.1 Å². The molecule has 0 spiro atoms. The Balaban J connectivity index is 1.72. The monoisotopic (exact) mass is 374 g/mol. The molecule has 1 aromatic heterocycles. The van der Waals surface area contributed by atoms with Crippen LogP contribution < -0.4 is 9.62 Å². The van der Waals surface area contributed by atoms with Gasteiger partial charge >= 0.3 is 0 Å². The fraction of sp³-hybridized carbons (Fsp3) is 0.474. The van der Waals surface area contributed by atoms with Gasteiger partial charge in [-0.25, -0.2) is 8.42 Å². The summed E-state index contributed by atoms with van der Waals surface area (Å²) in [5.74, 6) is 1.02. The van der Waals surface area contributed by atoms with Crippen molar-refractivity contribution in [2.45, 2.75) is 50.3 Å². The molecule has 0 atom stereocenters. The highest BCUT2D eigenvalue weighted by atomic mass is 32.2. The number of aromatic nitrogens is 2. The molecule has 0 amide bonds. The molecule has 1 aliphatic rings. The number of nitrogens with zero attached hydrogens (tertiary/aromatic N) is 3. The molecule has 140 valence electrons. The zero-order valence-electron chi connectivity index (χ0n) is 15.6. The second kappa shape index (κ2) is 7.23. The van der Waals surface area contributed by atoms with Gasteiger partial charge in [-0.1, -0.05) is 32.9 Å². The van der Waals surface area contributed by atoms with Crippen molar-refractivity contribution < 1.29 is 8.42 Å². The van der Waals surface area contributed by atoms with Crippen LogP contribution in [0.4, 0.5) is 11.6 Å². The Morgan fingerprint density at radius 3 is 2.12 bits per heavy atom.